The van der Waals surface area contributed by atoms with Gasteiger partial charge in [-0.25, -0.2) is 9.97 Å². The Kier molecular flexibility index (Phi) is 6.11. The Morgan fingerprint density at radius 3 is 2.40 bits per heavy atom. The number of benzene rings is 2. The van der Waals surface area contributed by atoms with Crippen LogP contribution >= 0.6 is 0 Å². The lowest BCUT2D eigenvalue weighted by Gasteiger charge is -2.24. The number of rotatable bonds is 8. The Morgan fingerprint density at radius 2 is 1.70 bits per heavy atom. The summed E-state index contributed by atoms with van der Waals surface area (Å²) >= 11 is 0. The first-order chi connectivity index (χ1) is 14.6. The van der Waals surface area contributed by atoms with Gasteiger partial charge in [0, 0.05) is 43.2 Å². The van der Waals surface area contributed by atoms with Crippen molar-refractivity contribution in [1.29, 1.82) is 0 Å². The van der Waals surface area contributed by atoms with Gasteiger partial charge in [-0.05, 0) is 48.9 Å². The number of aromatic nitrogens is 2. The number of fused-ring (bicyclic) bond motifs is 1. The summed E-state index contributed by atoms with van der Waals surface area (Å²) < 4.78 is 16.0. The number of aliphatic hydroxyl groups excluding tert-OH is 1. The largest absolute Gasteiger partial charge is 0.497 e. The first-order valence-electron chi connectivity index (χ1n) is 9.85. The van der Waals surface area contributed by atoms with E-state index in [1.54, 1.807) is 14.0 Å². The lowest BCUT2D eigenvalue weighted by Crippen LogP contribution is -2.30. The number of hydrogen-bond acceptors (Lipinski definition) is 7. The Morgan fingerprint density at radius 1 is 1.00 bits per heavy atom. The molecule has 0 fully saturated rings. The zero-order valence-corrected chi connectivity index (χ0v) is 17.1. The number of ether oxygens (including phenoxy) is 3. The van der Waals surface area contributed by atoms with E-state index in [1.807, 2.05) is 54.9 Å². The minimum Gasteiger partial charge on any atom is -0.497 e. The summed E-state index contributed by atoms with van der Waals surface area (Å²) in [6.45, 7) is 3.88. The summed E-state index contributed by atoms with van der Waals surface area (Å²) in [6.07, 6.45) is 3.22. The number of nitrogens with zero attached hydrogens (tertiary/aromatic N) is 3. The van der Waals surface area contributed by atoms with Gasteiger partial charge in [0.05, 0.1) is 13.2 Å². The fraction of sp³-hybridized carbons (Fsp3) is 0.304. The fourth-order valence-electron chi connectivity index (χ4n) is 3.44. The molecule has 0 spiro atoms. The molecule has 3 aromatic rings. The van der Waals surface area contributed by atoms with Gasteiger partial charge in [0.25, 0.3) is 0 Å². The average Bonchev–Trinajstić information content (AvgIpc) is 3.22. The van der Waals surface area contributed by atoms with Crippen LogP contribution in [-0.2, 0) is 13.1 Å². The van der Waals surface area contributed by atoms with Crippen LogP contribution in [-0.4, -0.2) is 46.5 Å². The summed E-state index contributed by atoms with van der Waals surface area (Å²) in [5, 5.41) is 9.94. The van der Waals surface area contributed by atoms with Crippen molar-refractivity contribution >= 4 is 0 Å². The van der Waals surface area contributed by atoms with Gasteiger partial charge in [-0.2, -0.15) is 0 Å². The third-order valence-electron chi connectivity index (χ3n) is 4.83. The van der Waals surface area contributed by atoms with E-state index < -0.39 is 6.10 Å². The zero-order chi connectivity index (χ0) is 20.9. The van der Waals surface area contributed by atoms with Crippen molar-refractivity contribution < 1.29 is 19.3 Å². The van der Waals surface area contributed by atoms with Crippen LogP contribution in [0.4, 0.5) is 0 Å². The Bertz CT molecular complexity index is 975. The molecular weight excluding hydrogens is 382 g/mol. The maximum Gasteiger partial charge on any atom is 0.231 e. The molecule has 7 nitrogen and oxygen atoms in total. The molecule has 0 saturated heterocycles. The molecule has 1 aliphatic heterocycles. The summed E-state index contributed by atoms with van der Waals surface area (Å²) in [5.74, 6) is 2.99. The van der Waals surface area contributed by atoms with Gasteiger partial charge in [0.2, 0.25) is 6.79 Å². The Balaban J connectivity index is 1.45. The predicted molar refractivity (Wildman–Crippen MR) is 112 cm³/mol. The lowest BCUT2D eigenvalue weighted by molar-refractivity contribution is 0.118. The van der Waals surface area contributed by atoms with Crippen LogP contribution in [0.1, 0.15) is 18.1 Å². The molecule has 1 N–H and O–H groups in total. The van der Waals surface area contributed by atoms with E-state index in [0.29, 0.717) is 25.5 Å². The van der Waals surface area contributed by atoms with Crippen LogP contribution in [0.3, 0.4) is 0 Å². The molecule has 0 amide bonds. The normalized spacial score (nSPS) is 13.5. The predicted octanol–water partition coefficient (Wildman–Crippen LogP) is 3.26. The lowest BCUT2D eigenvalue weighted by atomic mass is 10.1. The van der Waals surface area contributed by atoms with Crippen molar-refractivity contribution in [2.75, 3.05) is 20.4 Å². The summed E-state index contributed by atoms with van der Waals surface area (Å²) in [7, 11) is 1.64. The van der Waals surface area contributed by atoms with E-state index in [2.05, 4.69) is 14.9 Å². The first kappa shape index (κ1) is 20.1. The molecule has 156 valence electrons. The van der Waals surface area contributed by atoms with Gasteiger partial charge in [-0.3, -0.25) is 4.90 Å². The molecule has 30 heavy (non-hydrogen) atoms. The minimum absolute atomic E-state index is 0.258. The molecule has 0 bridgehead atoms. The molecule has 2 aromatic carbocycles. The second-order valence-electron chi connectivity index (χ2n) is 7.35. The van der Waals surface area contributed by atoms with Gasteiger partial charge in [-0.15, -0.1) is 0 Å². The molecular formula is C23H25N3O4. The highest BCUT2D eigenvalue weighted by Gasteiger charge is 2.16. The van der Waals surface area contributed by atoms with E-state index in [1.165, 1.54) is 0 Å². The number of hydrogen-bond donors (Lipinski definition) is 1. The summed E-state index contributed by atoms with van der Waals surface area (Å²) in [5.41, 5.74) is 3.01. The molecule has 1 aliphatic rings. The Hall–Kier alpha value is -3.16. The fourth-order valence-corrected chi connectivity index (χ4v) is 3.44. The SMILES string of the molecule is COc1ccc(-c2ncc(CN(Cc3ccc4c(c3)OCO4)C[C@@H](C)O)cn2)cc1. The topological polar surface area (TPSA) is 76.9 Å². The average molecular weight is 407 g/mol. The standard InChI is InChI=1S/C23H25N3O4/c1-16(27)12-26(13-17-3-8-21-22(9-17)30-15-29-21)14-18-10-24-23(25-11-18)19-4-6-20(28-2)7-5-19/h3-11,16,27H,12-15H2,1-2H3/t16-/m1/s1. The van der Waals surface area contributed by atoms with Crippen molar-refractivity contribution in [2.45, 2.75) is 26.1 Å². The molecule has 4 rings (SSSR count). The van der Waals surface area contributed by atoms with Crippen LogP contribution in [0.2, 0.25) is 0 Å². The van der Waals surface area contributed by atoms with Gasteiger partial charge in [0.15, 0.2) is 17.3 Å². The monoisotopic (exact) mass is 407 g/mol. The zero-order valence-electron chi connectivity index (χ0n) is 17.1. The second kappa shape index (κ2) is 9.11. The minimum atomic E-state index is -0.446. The third kappa shape index (κ3) is 4.87. The van der Waals surface area contributed by atoms with Crippen LogP contribution in [0.25, 0.3) is 11.4 Å². The van der Waals surface area contributed by atoms with Gasteiger partial charge >= 0.3 is 0 Å². The maximum atomic E-state index is 9.94. The van der Waals surface area contributed by atoms with E-state index >= 15 is 0 Å². The molecule has 7 heteroatoms. The number of methoxy groups -OCH3 is 1. The number of aliphatic hydroxyl groups is 1. The molecule has 2 heterocycles. The van der Waals surface area contributed by atoms with Crippen molar-refractivity contribution in [3.05, 3.63) is 66.0 Å². The maximum absolute atomic E-state index is 9.94. The van der Waals surface area contributed by atoms with Crippen molar-refractivity contribution in [3.8, 4) is 28.6 Å². The van der Waals surface area contributed by atoms with Crippen molar-refractivity contribution in [3.63, 3.8) is 0 Å². The van der Waals surface area contributed by atoms with E-state index in [4.69, 9.17) is 14.2 Å². The van der Waals surface area contributed by atoms with Crippen LogP contribution < -0.4 is 14.2 Å². The van der Waals surface area contributed by atoms with Crippen molar-refractivity contribution in [2.24, 2.45) is 0 Å². The van der Waals surface area contributed by atoms with Crippen molar-refractivity contribution in [1.82, 2.24) is 14.9 Å². The van der Waals surface area contributed by atoms with Crippen LogP contribution in [0.5, 0.6) is 17.2 Å². The molecule has 0 saturated carbocycles. The first-order valence-corrected chi connectivity index (χ1v) is 9.85. The Labute approximate surface area is 175 Å². The van der Waals surface area contributed by atoms with E-state index in [-0.39, 0.29) is 6.79 Å². The molecule has 1 aromatic heterocycles. The quantitative estimate of drug-likeness (QED) is 0.614. The third-order valence-corrected chi connectivity index (χ3v) is 4.83. The highest BCUT2D eigenvalue weighted by Crippen LogP contribution is 2.33. The van der Waals surface area contributed by atoms with E-state index in [0.717, 1.165) is 33.9 Å². The second-order valence-corrected chi connectivity index (χ2v) is 7.35. The van der Waals surface area contributed by atoms with Gasteiger partial charge in [-0.1, -0.05) is 6.07 Å². The van der Waals surface area contributed by atoms with Crippen LogP contribution in [0, 0.1) is 0 Å². The molecule has 0 aliphatic carbocycles. The van der Waals surface area contributed by atoms with Crippen LogP contribution in [0.15, 0.2) is 54.9 Å². The summed E-state index contributed by atoms with van der Waals surface area (Å²) in [6, 6.07) is 13.6. The van der Waals surface area contributed by atoms with E-state index in [9.17, 15) is 5.11 Å². The molecule has 1 atom stereocenters. The van der Waals surface area contributed by atoms with Gasteiger partial charge < -0.3 is 19.3 Å². The smallest absolute Gasteiger partial charge is 0.231 e. The molecule has 0 radical (unpaired) electrons. The highest BCUT2D eigenvalue weighted by atomic mass is 16.7. The summed E-state index contributed by atoms with van der Waals surface area (Å²) in [4.78, 5) is 11.2. The highest BCUT2D eigenvalue weighted by molar-refractivity contribution is 5.55. The molecule has 0 unspecified atom stereocenters. The van der Waals surface area contributed by atoms with Gasteiger partial charge in [0.1, 0.15) is 5.75 Å².